The van der Waals surface area contributed by atoms with Gasteiger partial charge in [-0.15, -0.1) is 0 Å². The number of aromatic nitrogens is 1. The number of likely N-dealkylation sites (tertiary alicyclic amines) is 1. The zero-order chi connectivity index (χ0) is 17.6. The largest absolute Gasteiger partial charge is 0.364 e. The molecule has 25 heavy (non-hydrogen) atoms. The molecule has 6 nitrogen and oxygen atoms in total. The van der Waals surface area contributed by atoms with Gasteiger partial charge < -0.3 is 14.3 Å². The lowest BCUT2D eigenvalue weighted by Gasteiger charge is -2.25. The van der Waals surface area contributed by atoms with E-state index >= 15 is 0 Å². The van der Waals surface area contributed by atoms with E-state index in [1.54, 1.807) is 24.0 Å². The van der Waals surface area contributed by atoms with Crippen LogP contribution in [0.4, 0.5) is 5.69 Å². The van der Waals surface area contributed by atoms with Crippen molar-refractivity contribution in [2.75, 3.05) is 24.5 Å². The normalized spacial score (nSPS) is 21.8. The Hall–Kier alpha value is -2.34. The van der Waals surface area contributed by atoms with Crippen LogP contribution in [0.2, 0.25) is 5.02 Å². The van der Waals surface area contributed by atoms with E-state index in [1.807, 2.05) is 17.0 Å². The van der Waals surface area contributed by atoms with Crippen LogP contribution in [0.5, 0.6) is 0 Å². The SMILES string of the molecule is CC(=O)N1CCC2(C1)CN(C(=O)Cc1ccon1)c1ccc(Cl)cc12. The van der Waals surface area contributed by atoms with Crippen LogP contribution in [0.15, 0.2) is 35.1 Å². The van der Waals surface area contributed by atoms with Crippen molar-refractivity contribution in [3.63, 3.8) is 0 Å². The maximum Gasteiger partial charge on any atom is 0.233 e. The molecule has 2 amide bonds. The topological polar surface area (TPSA) is 66.7 Å². The molecule has 0 aliphatic carbocycles. The lowest BCUT2D eigenvalue weighted by molar-refractivity contribution is -0.127. The van der Waals surface area contributed by atoms with Crippen molar-refractivity contribution < 1.29 is 14.1 Å². The zero-order valence-electron chi connectivity index (χ0n) is 13.9. The molecule has 1 fully saturated rings. The minimum atomic E-state index is -0.245. The van der Waals surface area contributed by atoms with E-state index in [1.165, 1.54) is 6.26 Å². The Balaban J connectivity index is 1.68. The quantitative estimate of drug-likeness (QED) is 0.825. The van der Waals surface area contributed by atoms with Gasteiger partial charge in [0.15, 0.2) is 0 Å². The number of benzene rings is 1. The van der Waals surface area contributed by atoms with Crippen molar-refractivity contribution in [3.05, 3.63) is 46.8 Å². The fourth-order valence-electron chi connectivity index (χ4n) is 3.93. The summed E-state index contributed by atoms with van der Waals surface area (Å²) in [6.07, 6.45) is 2.47. The Morgan fingerprint density at radius 2 is 2.16 bits per heavy atom. The predicted octanol–water partition coefficient (Wildman–Crippen LogP) is 2.41. The van der Waals surface area contributed by atoms with E-state index < -0.39 is 0 Å². The number of carbonyl (C=O) groups is 2. The maximum atomic E-state index is 12.8. The fraction of sp³-hybridized carbons (Fsp3) is 0.389. The third kappa shape index (κ3) is 2.70. The van der Waals surface area contributed by atoms with Gasteiger partial charge in [0.2, 0.25) is 11.8 Å². The second-order valence-electron chi connectivity index (χ2n) is 6.78. The molecule has 2 aliphatic heterocycles. The fourth-order valence-corrected chi connectivity index (χ4v) is 4.11. The zero-order valence-corrected chi connectivity index (χ0v) is 14.6. The Labute approximate surface area is 150 Å². The van der Waals surface area contributed by atoms with Crippen LogP contribution in [0.3, 0.4) is 0 Å². The Kier molecular flexibility index (Phi) is 3.80. The summed E-state index contributed by atoms with van der Waals surface area (Å²) in [6, 6.07) is 7.32. The molecular weight excluding hydrogens is 342 g/mol. The summed E-state index contributed by atoms with van der Waals surface area (Å²) in [5.41, 5.74) is 2.30. The molecule has 4 rings (SSSR count). The van der Waals surface area contributed by atoms with Crippen molar-refractivity contribution in [2.45, 2.75) is 25.2 Å². The molecule has 1 saturated heterocycles. The van der Waals surface area contributed by atoms with Gasteiger partial charge in [-0.25, -0.2) is 0 Å². The molecular formula is C18H18ClN3O3. The average molecular weight is 360 g/mol. The van der Waals surface area contributed by atoms with Gasteiger partial charge in [-0.05, 0) is 30.2 Å². The van der Waals surface area contributed by atoms with Crippen LogP contribution in [0.25, 0.3) is 0 Å². The molecule has 2 aliphatic rings. The highest BCUT2D eigenvalue weighted by atomic mass is 35.5. The lowest BCUT2D eigenvalue weighted by Crippen LogP contribution is -2.40. The molecule has 1 spiro atoms. The van der Waals surface area contributed by atoms with Gasteiger partial charge >= 0.3 is 0 Å². The van der Waals surface area contributed by atoms with Gasteiger partial charge in [-0.1, -0.05) is 16.8 Å². The van der Waals surface area contributed by atoms with Gasteiger partial charge in [0.1, 0.15) is 6.26 Å². The highest BCUT2D eigenvalue weighted by Gasteiger charge is 2.49. The number of amides is 2. The van der Waals surface area contributed by atoms with Gasteiger partial charge in [0, 0.05) is 48.7 Å². The first-order valence-electron chi connectivity index (χ1n) is 8.24. The monoisotopic (exact) mass is 359 g/mol. The number of fused-ring (bicyclic) bond motifs is 2. The minimum Gasteiger partial charge on any atom is -0.364 e. The van der Waals surface area contributed by atoms with Crippen molar-refractivity contribution in [1.29, 1.82) is 0 Å². The molecule has 0 radical (unpaired) electrons. The molecule has 0 bridgehead atoms. The molecule has 1 atom stereocenters. The molecule has 0 saturated carbocycles. The lowest BCUT2D eigenvalue weighted by atomic mass is 9.81. The molecule has 0 N–H and O–H groups in total. The minimum absolute atomic E-state index is 0.0318. The molecule has 3 heterocycles. The molecule has 2 aromatic rings. The van der Waals surface area contributed by atoms with Crippen LogP contribution in [-0.2, 0) is 21.4 Å². The number of carbonyl (C=O) groups excluding carboxylic acids is 2. The highest BCUT2D eigenvalue weighted by molar-refractivity contribution is 6.30. The van der Waals surface area contributed by atoms with E-state index in [4.69, 9.17) is 16.1 Å². The van der Waals surface area contributed by atoms with Crippen LogP contribution < -0.4 is 4.90 Å². The summed E-state index contributed by atoms with van der Waals surface area (Å²) in [5, 5.41) is 4.47. The Bertz CT molecular complexity index is 836. The summed E-state index contributed by atoms with van der Waals surface area (Å²) in [5.74, 6) is 0.0310. The first kappa shape index (κ1) is 16.1. The van der Waals surface area contributed by atoms with Gasteiger partial charge in [0.05, 0.1) is 12.1 Å². The summed E-state index contributed by atoms with van der Waals surface area (Å²) in [6.45, 7) is 3.46. The third-order valence-corrected chi connectivity index (χ3v) is 5.44. The van der Waals surface area contributed by atoms with Crippen LogP contribution in [-0.4, -0.2) is 41.5 Å². The molecule has 130 valence electrons. The standard InChI is InChI=1S/C18H18ClN3O3/c1-12(23)21-6-5-18(10-21)11-22(16-3-2-13(19)8-15(16)18)17(24)9-14-4-7-25-20-14/h2-4,7-8H,5-6,9-11H2,1H3. The second-order valence-corrected chi connectivity index (χ2v) is 7.22. The van der Waals surface area contributed by atoms with Gasteiger partial charge in [0.25, 0.3) is 0 Å². The number of halogens is 1. The number of nitrogens with zero attached hydrogens (tertiary/aromatic N) is 3. The molecule has 7 heteroatoms. The molecule has 1 aromatic heterocycles. The number of hydrogen-bond acceptors (Lipinski definition) is 4. The molecule has 1 unspecified atom stereocenters. The average Bonchev–Trinajstić information content (AvgIpc) is 3.28. The smallest absolute Gasteiger partial charge is 0.233 e. The van der Waals surface area contributed by atoms with Crippen molar-refractivity contribution >= 4 is 29.1 Å². The number of hydrogen-bond donors (Lipinski definition) is 0. The maximum absolute atomic E-state index is 12.8. The van der Waals surface area contributed by atoms with Crippen LogP contribution >= 0.6 is 11.6 Å². The van der Waals surface area contributed by atoms with E-state index in [2.05, 4.69) is 5.16 Å². The van der Waals surface area contributed by atoms with E-state index in [0.29, 0.717) is 30.4 Å². The highest BCUT2D eigenvalue weighted by Crippen LogP contribution is 2.47. The number of rotatable bonds is 2. The Morgan fingerprint density at radius 3 is 2.84 bits per heavy atom. The van der Waals surface area contributed by atoms with Crippen molar-refractivity contribution in [1.82, 2.24) is 10.1 Å². The van der Waals surface area contributed by atoms with Crippen LogP contribution in [0.1, 0.15) is 24.6 Å². The van der Waals surface area contributed by atoms with E-state index in [9.17, 15) is 9.59 Å². The first-order chi connectivity index (χ1) is 12.0. The van der Waals surface area contributed by atoms with Crippen molar-refractivity contribution in [2.24, 2.45) is 0 Å². The van der Waals surface area contributed by atoms with Crippen molar-refractivity contribution in [3.8, 4) is 0 Å². The summed E-state index contributed by atoms with van der Waals surface area (Å²) in [4.78, 5) is 28.3. The van der Waals surface area contributed by atoms with Crippen LogP contribution in [0, 0.1) is 0 Å². The second kappa shape index (κ2) is 5.88. The number of anilines is 1. The van der Waals surface area contributed by atoms with E-state index in [-0.39, 0.29) is 23.7 Å². The summed E-state index contributed by atoms with van der Waals surface area (Å²) < 4.78 is 4.81. The summed E-state index contributed by atoms with van der Waals surface area (Å²) >= 11 is 6.22. The molecule has 1 aromatic carbocycles. The summed E-state index contributed by atoms with van der Waals surface area (Å²) in [7, 11) is 0. The first-order valence-corrected chi connectivity index (χ1v) is 8.61. The third-order valence-electron chi connectivity index (χ3n) is 5.21. The van der Waals surface area contributed by atoms with E-state index in [0.717, 1.165) is 17.7 Å². The Morgan fingerprint density at radius 1 is 1.32 bits per heavy atom. The predicted molar refractivity (Wildman–Crippen MR) is 92.6 cm³/mol. The van der Waals surface area contributed by atoms with Gasteiger partial charge in [-0.3, -0.25) is 9.59 Å². The van der Waals surface area contributed by atoms with Gasteiger partial charge in [-0.2, -0.15) is 0 Å².